The van der Waals surface area contributed by atoms with E-state index in [1.807, 2.05) is 54.6 Å². The number of nitrogens with zero attached hydrogens (tertiary/aromatic N) is 1. The molecule has 1 aliphatic heterocycles. The second-order valence-corrected chi connectivity index (χ2v) is 6.31. The Morgan fingerprint density at radius 3 is 2.44 bits per heavy atom. The lowest BCUT2D eigenvalue weighted by molar-refractivity contribution is 0.104. The summed E-state index contributed by atoms with van der Waals surface area (Å²) < 4.78 is 6.70. The zero-order chi connectivity index (χ0) is 18.8. The highest BCUT2D eigenvalue weighted by Gasteiger charge is 2.28. The Kier molecular flexibility index (Phi) is 4.34. The maximum Gasteiger partial charge on any atom is 0.264 e. The van der Waals surface area contributed by atoms with Gasteiger partial charge in [-0.2, -0.15) is 0 Å². The number of aromatic nitrogens is 1. The molecule has 0 spiro atoms. The predicted octanol–water partition coefficient (Wildman–Crippen LogP) is 3.55. The molecule has 0 atom stereocenters. The lowest BCUT2D eigenvalue weighted by Crippen LogP contribution is -2.24. The summed E-state index contributed by atoms with van der Waals surface area (Å²) in [7, 11) is 1.60. The molecular weight excluding hydrogens is 340 g/mol. The number of Topliss-reactive ketones (excluding diaryl/α,β-unsaturated/α-hetero) is 1. The van der Waals surface area contributed by atoms with Crippen molar-refractivity contribution in [1.82, 2.24) is 4.57 Å². The number of hydrogen-bond acceptors (Lipinski definition) is 4. The summed E-state index contributed by atoms with van der Waals surface area (Å²) in [5.41, 5.74) is 2.70. The molecule has 2 aromatic carbocycles. The topological polar surface area (TPSA) is 60.3 Å². The Morgan fingerprint density at radius 1 is 1.00 bits per heavy atom. The molecule has 1 aromatic heterocycles. The molecule has 134 valence electrons. The summed E-state index contributed by atoms with van der Waals surface area (Å²) in [5.74, 6) is 0.461. The highest BCUT2D eigenvalue weighted by molar-refractivity contribution is 6.20. The van der Waals surface area contributed by atoms with Crippen molar-refractivity contribution in [2.45, 2.75) is 6.54 Å². The fraction of sp³-hybridized carbons (Fsp3) is 0.0909. The molecule has 0 fully saturated rings. The van der Waals surface area contributed by atoms with Crippen molar-refractivity contribution in [2.75, 3.05) is 12.4 Å². The summed E-state index contributed by atoms with van der Waals surface area (Å²) in [5, 5.41) is 3.06. The maximum absolute atomic E-state index is 12.8. The number of hydrogen-bond donors (Lipinski definition) is 1. The van der Waals surface area contributed by atoms with Gasteiger partial charge in [0.2, 0.25) is 5.78 Å². The quantitative estimate of drug-likeness (QED) is 0.725. The molecule has 27 heavy (non-hydrogen) atoms. The number of ether oxygens (including phenoxy) is 1. The Hall–Kier alpha value is -3.60. The van der Waals surface area contributed by atoms with Crippen LogP contribution in [0.1, 0.15) is 21.5 Å². The van der Waals surface area contributed by atoms with Crippen molar-refractivity contribution in [3.63, 3.8) is 0 Å². The standard InChI is InChI=1S/C22H18N2O3/c1-27-17-9-7-15(8-10-17)13-19-21(25)20-18(23-19)11-12-24(22(20)26)14-16-5-3-2-4-6-16/h2-13,23H,14H2,1H3. The van der Waals surface area contributed by atoms with Gasteiger partial charge in [-0.25, -0.2) is 0 Å². The SMILES string of the molecule is COc1ccc(C=C2Nc3ccn(Cc4ccccc4)c(=O)c3C2=O)cc1. The first-order chi connectivity index (χ1) is 13.2. The minimum Gasteiger partial charge on any atom is -0.497 e. The van der Waals surface area contributed by atoms with Gasteiger partial charge in [0.25, 0.3) is 5.56 Å². The van der Waals surface area contributed by atoms with Crippen molar-refractivity contribution in [1.29, 1.82) is 0 Å². The van der Waals surface area contributed by atoms with E-state index in [0.29, 0.717) is 17.9 Å². The zero-order valence-electron chi connectivity index (χ0n) is 14.8. The Balaban J connectivity index is 1.65. The van der Waals surface area contributed by atoms with Crippen molar-refractivity contribution >= 4 is 17.5 Å². The van der Waals surface area contributed by atoms with Gasteiger partial charge in [0.1, 0.15) is 11.3 Å². The lowest BCUT2D eigenvalue weighted by atomic mass is 10.1. The first-order valence-corrected chi connectivity index (χ1v) is 8.60. The van der Waals surface area contributed by atoms with Crippen LogP contribution < -0.4 is 15.6 Å². The smallest absolute Gasteiger partial charge is 0.264 e. The van der Waals surface area contributed by atoms with Gasteiger partial charge in [-0.3, -0.25) is 9.59 Å². The molecule has 3 aromatic rings. The van der Waals surface area contributed by atoms with Gasteiger partial charge >= 0.3 is 0 Å². The number of methoxy groups -OCH3 is 1. The third-order valence-corrected chi connectivity index (χ3v) is 4.53. The number of pyridine rings is 1. The average molecular weight is 358 g/mol. The van der Waals surface area contributed by atoms with Crippen LogP contribution in [0.15, 0.2) is 77.4 Å². The van der Waals surface area contributed by atoms with Gasteiger partial charge < -0.3 is 14.6 Å². The summed E-state index contributed by atoms with van der Waals surface area (Å²) in [6.07, 6.45) is 3.45. The number of nitrogens with one attached hydrogen (secondary N) is 1. The molecule has 4 rings (SSSR count). The second-order valence-electron chi connectivity index (χ2n) is 6.31. The van der Waals surface area contributed by atoms with Crippen LogP contribution in [0.4, 0.5) is 5.69 Å². The molecule has 0 amide bonds. The summed E-state index contributed by atoms with van der Waals surface area (Å²) in [6.45, 7) is 0.428. The molecular formula is C22H18N2O3. The number of fused-ring (bicyclic) bond motifs is 1. The van der Waals surface area contributed by atoms with Crippen LogP contribution in [0.5, 0.6) is 5.75 Å². The van der Waals surface area contributed by atoms with Crippen LogP contribution in [-0.2, 0) is 6.54 Å². The number of carbonyl (C=O) groups is 1. The van der Waals surface area contributed by atoms with Gasteiger partial charge in [0.05, 0.1) is 25.0 Å². The molecule has 0 saturated carbocycles. The van der Waals surface area contributed by atoms with Crippen LogP contribution in [-0.4, -0.2) is 17.5 Å². The van der Waals surface area contributed by atoms with Crippen molar-refractivity contribution in [3.05, 3.63) is 99.6 Å². The van der Waals surface area contributed by atoms with E-state index >= 15 is 0 Å². The van der Waals surface area contributed by atoms with Gasteiger partial charge in [-0.15, -0.1) is 0 Å². The first-order valence-electron chi connectivity index (χ1n) is 8.60. The average Bonchev–Trinajstić information content (AvgIpc) is 3.02. The van der Waals surface area contributed by atoms with E-state index < -0.39 is 0 Å². The Bertz CT molecular complexity index is 1080. The predicted molar refractivity (Wildman–Crippen MR) is 105 cm³/mol. The molecule has 2 heterocycles. The van der Waals surface area contributed by atoms with Crippen LogP contribution in [0.25, 0.3) is 6.08 Å². The van der Waals surface area contributed by atoms with Gasteiger partial charge in [0, 0.05) is 6.20 Å². The monoisotopic (exact) mass is 358 g/mol. The molecule has 0 bridgehead atoms. The molecule has 1 N–H and O–H groups in total. The van der Waals surface area contributed by atoms with E-state index in [0.717, 1.165) is 16.9 Å². The molecule has 0 aliphatic carbocycles. The van der Waals surface area contributed by atoms with Crippen molar-refractivity contribution < 1.29 is 9.53 Å². The molecule has 0 saturated heterocycles. The fourth-order valence-corrected chi connectivity index (χ4v) is 3.11. The number of benzene rings is 2. The first kappa shape index (κ1) is 16.8. The van der Waals surface area contributed by atoms with E-state index in [4.69, 9.17) is 4.74 Å². The Morgan fingerprint density at radius 2 is 1.74 bits per heavy atom. The van der Waals surface area contributed by atoms with Crippen LogP contribution in [0.3, 0.4) is 0 Å². The number of carbonyl (C=O) groups excluding carboxylic acids is 1. The zero-order valence-corrected chi connectivity index (χ0v) is 14.8. The van der Waals surface area contributed by atoms with E-state index in [2.05, 4.69) is 5.32 Å². The summed E-state index contributed by atoms with van der Waals surface area (Å²) in [6, 6.07) is 18.8. The minimum atomic E-state index is -0.285. The summed E-state index contributed by atoms with van der Waals surface area (Å²) >= 11 is 0. The molecule has 5 heteroatoms. The lowest BCUT2D eigenvalue weighted by Gasteiger charge is -2.07. The van der Waals surface area contributed by atoms with Gasteiger partial charge in [-0.1, -0.05) is 42.5 Å². The highest BCUT2D eigenvalue weighted by Crippen LogP contribution is 2.26. The maximum atomic E-state index is 12.8. The third-order valence-electron chi connectivity index (χ3n) is 4.53. The normalized spacial score (nSPS) is 14.1. The second kappa shape index (κ2) is 6.96. The summed E-state index contributed by atoms with van der Waals surface area (Å²) in [4.78, 5) is 25.6. The number of rotatable bonds is 4. The largest absolute Gasteiger partial charge is 0.497 e. The Labute approximate surface area is 156 Å². The molecule has 0 radical (unpaired) electrons. The van der Waals surface area contributed by atoms with E-state index in [1.165, 1.54) is 0 Å². The third kappa shape index (κ3) is 3.27. The van der Waals surface area contributed by atoms with Crippen LogP contribution >= 0.6 is 0 Å². The van der Waals surface area contributed by atoms with Crippen molar-refractivity contribution in [3.8, 4) is 5.75 Å². The highest BCUT2D eigenvalue weighted by atomic mass is 16.5. The van der Waals surface area contributed by atoms with E-state index in [9.17, 15) is 9.59 Å². The van der Waals surface area contributed by atoms with Crippen molar-refractivity contribution in [2.24, 2.45) is 0 Å². The minimum absolute atomic E-state index is 0.188. The van der Waals surface area contributed by atoms with Crippen LogP contribution in [0, 0.1) is 0 Å². The molecule has 0 unspecified atom stereocenters. The fourth-order valence-electron chi connectivity index (χ4n) is 3.11. The van der Waals surface area contributed by atoms with E-state index in [1.54, 1.807) is 30.0 Å². The number of allylic oxidation sites excluding steroid dienone is 1. The molecule has 1 aliphatic rings. The number of anilines is 1. The van der Waals surface area contributed by atoms with Gasteiger partial charge in [-0.05, 0) is 35.4 Å². The number of ketones is 1. The van der Waals surface area contributed by atoms with Crippen LogP contribution in [0.2, 0.25) is 0 Å². The molecule has 5 nitrogen and oxygen atoms in total. The van der Waals surface area contributed by atoms with Gasteiger partial charge in [0.15, 0.2) is 0 Å². The van der Waals surface area contributed by atoms with E-state index in [-0.39, 0.29) is 16.9 Å².